The van der Waals surface area contributed by atoms with Gasteiger partial charge in [-0.2, -0.15) is 0 Å². The van der Waals surface area contributed by atoms with E-state index in [2.05, 4.69) is 21.2 Å². The molecule has 0 aromatic heterocycles. The maximum Gasteiger partial charge on any atom is 0.264 e. The van der Waals surface area contributed by atoms with Gasteiger partial charge in [0.05, 0.1) is 17.6 Å². The first-order valence-corrected chi connectivity index (χ1v) is 9.23. The van der Waals surface area contributed by atoms with Gasteiger partial charge in [0.1, 0.15) is 0 Å². The van der Waals surface area contributed by atoms with E-state index >= 15 is 0 Å². The number of carbonyl (C=O) groups excluding carboxylic acids is 1. The molecule has 1 aliphatic rings. The number of benzene rings is 1. The molecular formula is C14H19BrN2O4S. The summed E-state index contributed by atoms with van der Waals surface area (Å²) in [7, 11) is -1.21. The van der Waals surface area contributed by atoms with Crippen molar-refractivity contribution < 1.29 is 18.0 Å². The van der Waals surface area contributed by atoms with E-state index in [9.17, 15) is 13.2 Å². The van der Waals surface area contributed by atoms with Gasteiger partial charge in [-0.05, 0) is 47.0 Å². The Hall–Kier alpha value is -0.960. The summed E-state index contributed by atoms with van der Waals surface area (Å²) in [6.07, 6.45) is 4.15. The van der Waals surface area contributed by atoms with Crippen molar-refractivity contribution in [3.05, 3.63) is 28.2 Å². The smallest absolute Gasteiger partial charge is 0.264 e. The maximum absolute atomic E-state index is 12.4. The molecule has 2 rings (SSSR count). The highest BCUT2D eigenvalue weighted by Crippen LogP contribution is 2.24. The van der Waals surface area contributed by atoms with Gasteiger partial charge in [-0.25, -0.2) is 8.42 Å². The minimum Gasteiger partial charge on any atom is -0.349 e. The van der Waals surface area contributed by atoms with E-state index in [0.29, 0.717) is 10.0 Å². The molecule has 8 heteroatoms. The molecule has 1 aromatic carbocycles. The molecule has 1 saturated carbocycles. The zero-order chi connectivity index (χ0) is 16.3. The van der Waals surface area contributed by atoms with E-state index in [4.69, 9.17) is 4.84 Å². The molecule has 0 bridgehead atoms. The summed E-state index contributed by atoms with van der Waals surface area (Å²) in [4.78, 5) is 17.1. The first-order chi connectivity index (χ1) is 10.4. The summed E-state index contributed by atoms with van der Waals surface area (Å²) < 4.78 is 25.8. The lowest BCUT2D eigenvalue weighted by Crippen LogP contribution is -2.33. The van der Waals surface area contributed by atoms with Crippen LogP contribution in [0.4, 0.5) is 0 Å². The number of hydrogen-bond donors (Lipinski definition) is 1. The van der Waals surface area contributed by atoms with Crippen LogP contribution in [0.5, 0.6) is 0 Å². The first-order valence-electron chi connectivity index (χ1n) is 6.99. The van der Waals surface area contributed by atoms with Crippen LogP contribution >= 0.6 is 15.9 Å². The SMILES string of the molecule is CON(C)S(=O)(=O)c1ccc(Br)c(C(=O)NC2CCCC2)c1. The van der Waals surface area contributed by atoms with Crippen LogP contribution in [0.25, 0.3) is 0 Å². The fraction of sp³-hybridized carbons (Fsp3) is 0.500. The van der Waals surface area contributed by atoms with Gasteiger partial charge in [0.25, 0.3) is 15.9 Å². The third-order valence-electron chi connectivity index (χ3n) is 3.77. The Kier molecular flexibility index (Phi) is 5.60. The highest BCUT2D eigenvalue weighted by molar-refractivity contribution is 9.10. The predicted octanol–water partition coefficient (Wildman–Crippen LogP) is 2.30. The predicted molar refractivity (Wildman–Crippen MR) is 85.8 cm³/mol. The zero-order valence-corrected chi connectivity index (χ0v) is 14.9. The van der Waals surface area contributed by atoms with Crippen LogP contribution < -0.4 is 5.32 Å². The Morgan fingerprint density at radius 1 is 1.36 bits per heavy atom. The molecule has 6 nitrogen and oxygen atoms in total. The summed E-state index contributed by atoms with van der Waals surface area (Å²) >= 11 is 3.30. The van der Waals surface area contributed by atoms with E-state index in [0.717, 1.165) is 30.2 Å². The number of carbonyl (C=O) groups is 1. The van der Waals surface area contributed by atoms with Crippen LogP contribution in [-0.2, 0) is 14.9 Å². The van der Waals surface area contributed by atoms with Crippen molar-refractivity contribution in [2.24, 2.45) is 0 Å². The molecule has 0 atom stereocenters. The molecule has 1 aliphatic carbocycles. The first kappa shape index (κ1) is 17.4. The fourth-order valence-electron chi connectivity index (χ4n) is 2.42. The lowest BCUT2D eigenvalue weighted by molar-refractivity contribution is -0.0258. The zero-order valence-electron chi connectivity index (χ0n) is 12.5. The monoisotopic (exact) mass is 390 g/mol. The number of hydroxylamine groups is 1. The molecule has 0 spiro atoms. The number of sulfonamides is 1. The van der Waals surface area contributed by atoms with Gasteiger partial charge in [-0.3, -0.25) is 9.63 Å². The van der Waals surface area contributed by atoms with Gasteiger partial charge in [0.2, 0.25) is 0 Å². The number of hydrogen-bond acceptors (Lipinski definition) is 4. The van der Waals surface area contributed by atoms with Crippen molar-refractivity contribution in [1.82, 2.24) is 9.79 Å². The summed E-state index contributed by atoms with van der Waals surface area (Å²) in [6.45, 7) is 0. The average Bonchev–Trinajstić information content (AvgIpc) is 2.99. The lowest BCUT2D eigenvalue weighted by atomic mass is 10.2. The third-order valence-corrected chi connectivity index (χ3v) is 6.13. The van der Waals surface area contributed by atoms with Crippen molar-refractivity contribution in [3.63, 3.8) is 0 Å². The molecule has 0 aliphatic heterocycles. The van der Waals surface area contributed by atoms with E-state index in [-0.39, 0.29) is 16.8 Å². The van der Waals surface area contributed by atoms with E-state index < -0.39 is 10.0 Å². The van der Waals surface area contributed by atoms with E-state index in [1.54, 1.807) is 6.07 Å². The minimum absolute atomic E-state index is 0.0108. The second-order valence-electron chi connectivity index (χ2n) is 5.19. The second-order valence-corrected chi connectivity index (χ2v) is 7.98. The van der Waals surface area contributed by atoms with Crippen molar-refractivity contribution in [2.45, 2.75) is 36.6 Å². The molecular weight excluding hydrogens is 372 g/mol. The molecule has 1 N–H and O–H groups in total. The molecule has 1 amide bonds. The number of halogens is 1. The van der Waals surface area contributed by atoms with Crippen LogP contribution in [0.15, 0.2) is 27.6 Å². The highest BCUT2D eigenvalue weighted by Gasteiger charge is 2.24. The molecule has 122 valence electrons. The van der Waals surface area contributed by atoms with Crippen LogP contribution in [0.2, 0.25) is 0 Å². The van der Waals surface area contributed by atoms with Gasteiger partial charge in [0.15, 0.2) is 0 Å². The Bertz CT molecular complexity index is 657. The van der Waals surface area contributed by atoms with Crippen molar-refractivity contribution >= 4 is 31.9 Å². The molecule has 1 fully saturated rings. The van der Waals surface area contributed by atoms with Gasteiger partial charge in [-0.1, -0.05) is 17.3 Å². The van der Waals surface area contributed by atoms with Crippen LogP contribution in [0, 0.1) is 0 Å². The Morgan fingerprint density at radius 2 is 2.00 bits per heavy atom. The van der Waals surface area contributed by atoms with Crippen LogP contribution in [0.1, 0.15) is 36.0 Å². The van der Waals surface area contributed by atoms with Gasteiger partial charge in [-0.15, -0.1) is 0 Å². The average molecular weight is 391 g/mol. The largest absolute Gasteiger partial charge is 0.349 e. The Labute approximate surface area is 139 Å². The van der Waals surface area contributed by atoms with Gasteiger partial charge >= 0.3 is 0 Å². The van der Waals surface area contributed by atoms with Crippen LogP contribution in [0.3, 0.4) is 0 Å². The number of amides is 1. The fourth-order valence-corrected chi connectivity index (χ4v) is 3.85. The second kappa shape index (κ2) is 7.08. The Morgan fingerprint density at radius 3 is 2.59 bits per heavy atom. The van der Waals surface area contributed by atoms with Gasteiger partial charge < -0.3 is 5.32 Å². The number of rotatable bonds is 5. The molecule has 0 heterocycles. The molecule has 0 saturated heterocycles. The maximum atomic E-state index is 12.4. The lowest BCUT2D eigenvalue weighted by Gasteiger charge is -2.16. The summed E-state index contributed by atoms with van der Waals surface area (Å²) in [5.74, 6) is -0.268. The normalized spacial score (nSPS) is 16.2. The molecule has 1 aromatic rings. The number of nitrogens with zero attached hydrogens (tertiary/aromatic N) is 1. The molecule has 22 heavy (non-hydrogen) atoms. The molecule has 0 radical (unpaired) electrons. The summed E-state index contributed by atoms with van der Waals surface area (Å²) in [5.41, 5.74) is 0.303. The van der Waals surface area contributed by atoms with E-state index in [1.807, 2.05) is 0 Å². The Balaban J connectivity index is 2.28. The van der Waals surface area contributed by atoms with E-state index in [1.165, 1.54) is 26.3 Å². The third kappa shape index (κ3) is 3.68. The van der Waals surface area contributed by atoms with Crippen molar-refractivity contribution in [3.8, 4) is 0 Å². The summed E-state index contributed by atoms with van der Waals surface area (Å²) in [6, 6.07) is 4.52. The standard InChI is InChI=1S/C14H19BrN2O4S/c1-17(21-2)22(19,20)11-7-8-13(15)12(9-11)14(18)16-10-5-3-4-6-10/h7-10H,3-6H2,1-2H3,(H,16,18). The summed E-state index contributed by atoms with van der Waals surface area (Å²) in [5, 5.41) is 2.95. The van der Waals surface area contributed by atoms with Gasteiger partial charge in [0, 0.05) is 17.6 Å². The number of nitrogens with one attached hydrogen (secondary N) is 1. The topological polar surface area (TPSA) is 75.7 Å². The highest BCUT2D eigenvalue weighted by atomic mass is 79.9. The van der Waals surface area contributed by atoms with Crippen molar-refractivity contribution in [1.29, 1.82) is 0 Å². The van der Waals surface area contributed by atoms with Crippen LogP contribution in [-0.4, -0.2) is 39.0 Å². The van der Waals surface area contributed by atoms with Crippen molar-refractivity contribution in [2.75, 3.05) is 14.2 Å². The quantitative estimate of drug-likeness (QED) is 0.782. The molecule has 0 unspecified atom stereocenters. The minimum atomic E-state index is -3.78.